The first-order chi connectivity index (χ1) is 11.9. The number of nitrogens with zero attached hydrogens (tertiary/aromatic N) is 1. The van der Waals surface area contributed by atoms with Crippen LogP contribution in [-0.2, 0) is 15.5 Å². The number of rotatable bonds is 5. The van der Waals surface area contributed by atoms with E-state index >= 15 is 0 Å². The smallest absolute Gasteiger partial charge is 0.264 e. The SMILES string of the molecule is CCc1c(P(=O)(OC(C)C)c2ccccc2)c2c(C)cccc2n1O. The van der Waals surface area contributed by atoms with Crippen molar-refractivity contribution >= 4 is 28.9 Å². The van der Waals surface area contributed by atoms with E-state index in [1.807, 2.05) is 76.2 Å². The van der Waals surface area contributed by atoms with Gasteiger partial charge in [-0.15, -0.1) is 0 Å². The fraction of sp³-hybridized carbons (Fsp3) is 0.300. The fourth-order valence-electron chi connectivity index (χ4n) is 3.32. The lowest BCUT2D eigenvalue weighted by atomic mass is 10.1. The summed E-state index contributed by atoms with van der Waals surface area (Å²) in [5.74, 6) is 0. The molecule has 25 heavy (non-hydrogen) atoms. The molecule has 2 aromatic carbocycles. The van der Waals surface area contributed by atoms with Crippen LogP contribution in [-0.4, -0.2) is 16.0 Å². The van der Waals surface area contributed by atoms with Gasteiger partial charge < -0.3 is 9.73 Å². The first-order valence-electron chi connectivity index (χ1n) is 8.57. The zero-order chi connectivity index (χ0) is 18.2. The minimum atomic E-state index is -3.37. The highest BCUT2D eigenvalue weighted by molar-refractivity contribution is 7.75. The van der Waals surface area contributed by atoms with Crippen molar-refractivity contribution in [3.63, 3.8) is 0 Å². The molecular formula is C20H24NO3P. The third kappa shape index (κ3) is 2.90. The molecular weight excluding hydrogens is 333 g/mol. The van der Waals surface area contributed by atoms with Crippen LogP contribution in [0.4, 0.5) is 0 Å². The molecule has 0 saturated carbocycles. The highest BCUT2D eigenvalue weighted by Crippen LogP contribution is 2.49. The van der Waals surface area contributed by atoms with E-state index in [0.29, 0.717) is 28.2 Å². The largest absolute Gasteiger partial charge is 0.428 e. The van der Waals surface area contributed by atoms with Gasteiger partial charge in [0.15, 0.2) is 0 Å². The van der Waals surface area contributed by atoms with Crippen LogP contribution < -0.4 is 10.6 Å². The molecule has 1 aromatic heterocycles. The van der Waals surface area contributed by atoms with Crippen molar-refractivity contribution in [2.24, 2.45) is 0 Å². The minimum Gasteiger partial charge on any atom is -0.428 e. The van der Waals surface area contributed by atoms with Crippen LogP contribution in [0.25, 0.3) is 10.9 Å². The maximum absolute atomic E-state index is 14.2. The molecule has 3 aromatic rings. The topological polar surface area (TPSA) is 51.5 Å². The lowest BCUT2D eigenvalue weighted by Gasteiger charge is -2.23. The maximum Gasteiger partial charge on any atom is 0.264 e. The predicted molar refractivity (Wildman–Crippen MR) is 103 cm³/mol. The Morgan fingerprint density at radius 2 is 1.80 bits per heavy atom. The summed E-state index contributed by atoms with van der Waals surface area (Å²) in [6.45, 7) is 7.68. The van der Waals surface area contributed by atoms with Crippen molar-refractivity contribution in [1.29, 1.82) is 0 Å². The first kappa shape index (κ1) is 17.8. The van der Waals surface area contributed by atoms with Crippen molar-refractivity contribution in [2.75, 3.05) is 0 Å². The fourth-order valence-corrected chi connectivity index (χ4v) is 6.15. The summed E-state index contributed by atoms with van der Waals surface area (Å²) < 4.78 is 21.5. The van der Waals surface area contributed by atoms with E-state index in [1.54, 1.807) is 0 Å². The summed E-state index contributed by atoms with van der Waals surface area (Å²) in [5, 5.41) is 12.8. The second-order valence-electron chi connectivity index (χ2n) is 6.47. The highest BCUT2D eigenvalue weighted by atomic mass is 31.2. The number of aryl methyl sites for hydroxylation is 1. The van der Waals surface area contributed by atoms with Gasteiger partial charge in [-0.05, 0) is 51.0 Å². The van der Waals surface area contributed by atoms with Gasteiger partial charge in [-0.25, -0.2) is 0 Å². The normalized spacial score (nSPS) is 14.1. The third-order valence-corrected chi connectivity index (χ3v) is 7.10. The Balaban J connectivity index is 2.44. The van der Waals surface area contributed by atoms with Crippen molar-refractivity contribution < 1.29 is 14.3 Å². The molecule has 0 aliphatic carbocycles. The molecule has 0 fully saturated rings. The summed E-state index contributed by atoms with van der Waals surface area (Å²) in [6, 6.07) is 15.0. The molecule has 5 heteroatoms. The molecule has 3 rings (SSSR count). The Bertz CT molecular complexity index is 944. The van der Waals surface area contributed by atoms with Crippen molar-refractivity contribution in [2.45, 2.75) is 40.2 Å². The zero-order valence-corrected chi connectivity index (χ0v) is 16.0. The van der Waals surface area contributed by atoms with Crippen LogP contribution in [0.5, 0.6) is 0 Å². The number of hydrogen-bond acceptors (Lipinski definition) is 3. The van der Waals surface area contributed by atoms with Gasteiger partial charge in [0.1, 0.15) is 0 Å². The Hall–Kier alpha value is -2.03. The van der Waals surface area contributed by atoms with Crippen molar-refractivity contribution in [1.82, 2.24) is 4.73 Å². The quantitative estimate of drug-likeness (QED) is 0.544. The predicted octanol–water partition coefficient (Wildman–Crippen LogP) is 4.40. The van der Waals surface area contributed by atoms with Crippen LogP contribution >= 0.6 is 7.37 Å². The average Bonchev–Trinajstić information content (AvgIpc) is 2.89. The Kier molecular flexibility index (Phi) is 4.77. The molecule has 1 unspecified atom stereocenters. The Labute approximate surface area is 148 Å². The van der Waals surface area contributed by atoms with E-state index in [-0.39, 0.29) is 6.10 Å². The van der Waals surface area contributed by atoms with Gasteiger partial charge in [-0.3, -0.25) is 4.57 Å². The molecule has 132 valence electrons. The van der Waals surface area contributed by atoms with Crippen LogP contribution in [0, 0.1) is 6.92 Å². The standard InChI is InChI=1S/C20H24NO3P/c1-5-17-20(19-15(4)10-9-13-18(19)21(17)22)25(23,24-14(2)3)16-11-7-6-8-12-16/h6-14,22H,5H2,1-4H3. The lowest BCUT2D eigenvalue weighted by Crippen LogP contribution is -2.23. The maximum atomic E-state index is 14.2. The third-order valence-electron chi connectivity index (χ3n) is 4.33. The van der Waals surface area contributed by atoms with Crippen LogP contribution in [0.2, 0.25) is 0 Å². The summed E-state index contributed by atoms with van der Waals surface area (Å²) in [7, 11) is -3.37. The summed E-state index contributed by atoms with van der Waals surface area (Å²) in [6.07, 6.45) is 0.343. The number of aromatic nitrogens is 1. The van der Waals surface area contributed by atoms with Gasteiger partial charge in [0.25, 0.3) is 7.37 Å². The second-order valence-corrected chi connectivity index (χ2v) is 8.75. The summed E-state index contributed by atoms with van der Waals surface area (Å²) in [5.41, 5.74) is 2.27. The van der Waals surface area contributed by atoms with E-state index in [2.05, 4.69) is 0 Å². The van der Waals surface area contributed by atoms with E-state index in [9.17, 15) is 9.77 Å². The van der Waals surface area contributed by atoms with Crippen LogP contribution in [0.1, 0.15) is 32.0 Å². The summed E-state index contributed by atoms with van der Waals surface area (Å²) >= 11 is 0. The van der Waals surface area contributed by atoms with Gasteiger partial charge >= 0.3 is 0 Å². The molecule has 0 radical (unpaired) electrons. The number of benzene rings is 2. The number of fused-ring (bicyclic) bond motifs is 1. The zero-order valence-electron chi connectivity index (χ0n) is 15.1. The molecule has 1 N–H and O–H groups in total. The van der Waals surface area contributed by atoms with Crippen LogP contribution in [0.3, 0.4) is 0 Å². The summed E-state index contributed by atoms with van der Waals surface area (Å²) in [4.78, 5) is 0. The molecule has 0 aliphatic rings. The monoisotopic (exact) mass is 357 g/mol. The van der Waals surface area contributed by atoms with E-state index < -0.39 is 7.37 Å². The van der Waals surface area contributed by atoms with E-state index in [0.717, 1.165) is 15.7 Å². The Morgan fingerprint density at radius 3 is 2.40 bits per heavy atom. The lowest BCUT2D eigenvalue weighted by molar-refractivity contribution is 0.191. The van der Waals surface area contributed by atoms with E-state index in [1.165, 1.54) is 0 Å². The molecule has 0 aliphatic heterocycles. The number of hydrogen-bond donors (Lipinski definition) is 1. The van der Waals surface area contributed by atoms with Crippen LogP contribution in [0.15, 0.2) is 48.5 Å². The molecule has 0 saturated heterocycles. The second kappa shape index (κ2) is 6.70. The van der Waals surface area contributed by atoms with Gasteiger partial charge in [-0.1, -0.05) is 37.3 Å². The Morgan fingerprint density at radius 1 is 1.12 bits per heavy atom. The van der Waals surface area contributed by atoms with Gasteiger partial charge in [0, 0.05) is 10.7 Å². The molecule has 1 heterocycles. The van der Waals surface area contributed by atoms with E-state index in [4.69, 9.17) is 4.52 Å². The molecule has 0 bridgehead atoms. The molecule has 4 nitrogen and oxygen atoms in total. The minimum absolute atomic E-state index is 0.211. The first-order valence-corrected chi connectivity index (χ1v) is 10.2. The van der Waals surface area contributed by atoms with Crippen molar-refractivity contribution in [3.8, 4) is 0 Å². The molecule has 1 atom stereocenters. The molecule has 0 amide bonds. The average molecular weight is 357 g/mol. The highest BCUT2D eigenvalue weighted by Gasteiger charge is 2.37. The van der Waals surface area contributed by atoms with Gasteiger partial charge in [-0.2, -0.15) is 4.73 Å². The van der Waals surface area contributed by atoms with Crippen molar-refractivity contribution in [3.05, 3.63) is 59.8 Å². The van der Waals surface area contributed by atoms with Gasteiger partial charge in [0.2, 0.25) is 0 Å². The van der Waals surface area contributed by atoms with Gasteiger partial charge in [0.05, 0.1) is 22.6 Å². The molecule has 0 spiro atoms.